The van der Waals surface area contributed by atoms with Crippen LogP contribution in [-0.2, 0) is 16.0 Å². The van der Waals surface area contributed by atoms with Gasteiger partial charge in [-0.2, -0.15) is 0 Å². The number of rotatable bonds is 5. The summed E-state index contributed by atoms with van der Waals surface area (Å²) < 4.78 is 11.4. The third-order valence-corrected chi connectivity index (χ3v) is 4.89. The molecule has 3 atom stereocenters. The first kappa shape index (κ1) is 13.5. The van der Waals surface area contributed by atoms with E-state index in [-0.39, 0.29) is 6.10 Å². The first-order valence-corrected chi connectivity index (χ1v) is 8.12. The number of thiazole rings is 1. The second-order valence-corrected chi connectivity index (χ2v) is 6.29. The van der Waals surface area contributed by atoms with E-state index in [2.05, 4.69) is 22.6 Å². The lowest BCUT2D eigenvalue weighted by Gasteiger charge is -2.19. The Bertz CT molecular complexity index is 398. The van der Waals surface area contributed by atoms with Crippen molar-refractivity contribution in [2.75, 3.05) is 13.2 Å². The van der Waals surface area contributed by atoms with Crippen LogP contribution in [-0.4, -0.2) is 30.3 Å². The number of aromatic nitrogens is 1. The third-order valence-electron chi connectivity index (χ3n) is 3.90. The van der Waals surface area contributed by atoms with E-state index in [4.69, 9.17) is 9.47 Å². The standard InChI is InChI=1S/C14H22N2O2S/c1-10(12-4-2-6-17-12)15-8-11-9-19-14(16-11)13-5-3-7-18-13/h9-10,12-13,15H,2-8H2,1H3/t10-,12-,13-/m0/s1. The van der Waals surface area contributed by atoms with Crippen molar-refractivity contribution in [1.82, 2.24) is 10.3 Å². The molecule has 2 aliphatic rings. The molecular formula is C14H22N2O2S. The Balaban J connectivity index is 1.49. The Morgan fingerprint density at radius 1 is 1.37 bits per heavy atom. The molecule has 0 radical (unpaired) electrons. The molecule has 0 bridgehead atoms. The van der Waals surface area contributed by atoms with Crippen molar-refractivity contribution in [3.8, 4) is 0 Å². The minimum Gasteiger partial charge on any atom is -0.377 e. The van der Waals surface area contributed by atoms with Gasteiger partial charge in [0, 0.05) is 31.2 Å². The Labute approximate surface area is 118 Å². The summed E-state index contributed by atoms with van der Waals surface area (Å²) >= 11 is 1.72. The van der Waals surface area contributed by atoms with Gasteiger partial charge in [0.1, 0.15) is 11.1 Å². The lowest BCUT2D eigenvalue weighted by atomic mass is 10.1. The number of ether oxygens (including phenoxy) is 2. The van der Waals surface area contributed by atoms with Crippen molar-refractivity contribution in [2.45, 2.75) is 57.4 Å². The molecule has 0 unspecified atom stereocenters. The van der Waals surface area contributed by atoms with Gasteiger partial charge in [-0.25, -0.2) is 4.98 Å². The molecule has 2 aliphatic heterocycles. The first-order chi connectivity index (χ1) is 9.33. The average molecular weight is 282 g/mol. The molecule has 0 aliphatic carbocycles. The fraction of sp³-hybridized carbons (Fsp3) is 0.786. The molecule has 0 aromatic carbocycles. The van der Waals surface area contributed by atoms with E-state index in [0.717, 1.165) is 43.3 Å². The summed E-state index contributed by atoms with van der Waals surface area (Å²) in [4.78, 5) is 4.68. The number of nitrogens with one attached hydrogen (secondary N) is 1. The normalized spacial score (nSPS) is 28.9. The van der Waals surface area contributed by atoms with Gasteiger partial charge in [0.25, 0.3) is 0 Å². The van der Waals surface area contributed by atoms with E-state index >= 15 is 0 Å². The van der Waals surface area contributed by atoms with Crippen LogP contribution in [0.3, 0.4) is 0 Å². The predicted octanol–water partition coefficient (Wildman–Crippen LogP) is 2.65. The molecule has 4 nitrogen and oxygen atoms in total. The molecular weight excluding hydrogens is 260 g/mol. The van der Waals surface area contributed by atoms with Crippen LogP contribution in [0, 0.1) is 0 Å². The minimum absolute atomic E-state index is 0.245. The largest absolute Gasteiger partial charge is 0.377 e. The number of nitrogens with zero attached hydrogens (tertiary/aromatic N) is 1. The Hall–Kier alpha value is -0.490. The van der Waals surface area contributed by atoms with E-state index < -0.39 is 0 Å². The lowest BCUT2D eigenvalue weighted by molar-refractivity contribution is 0.0830. The quantitative estimate of drug-likeness (QED) is 0.901. The van der Waals surface area contributed by atoms with Crippen molar-refractivity contribution < 1.29 is 9.47 Å². The second kappa shape index (κ2) is 6.31. The monoisotopic (exact) mass is 282 g/mol. The Morgan fingerprint density at radius 3 is 2.95 bits per heavy atom. The second-order valence-electron chi connectivity index (χ2n) is 5.40. The highest BCUT2D eigenvalue weighted by molar-refractivity contribution is 7.09. The average Bonchev–Trinajstić information content (AvgIpc) is 3.14. The summed E-state index contributed by atoms with van der Waals surface area (Å²) in [5, 5.41) is 6.81. The Morgan fingerprint density at radius 2 is 2.21 bits per heavy atom. The maximum atomic E-state index is 5.69. The smallest absolute Gasteiger partial charge is 0.122 e. The molecule has 2 saturated heterocycles. The molecule has 3 heterocycles. The topological polar surface area (TPSA) is 43.4 Å². The SMILES string of the molecule is C[C@H](NCc1csc([C@@H]2CCCO2)n1)[C@@H]1CCCO1. The zero-order valence-corrected chi connectivity index (χ0v) is 12.2. The summed E-state index contributed by atoms with van der Waals surface area (Å²) in [7, 11) is 0. The van der Waals surface area contributed by atoms with Gasteiger partial charge in [0.2, 0.25) is 0 Å². The molecule has 106 valence electrons. The van der Waals surface area contributed by atoms with Crippen LogP contribution in [0.15, 0.2) is 5.38 Å². The van der Waals surface area contributed by atoms with Crippen molar-refractivity contribution in [2.24, 2.45) is 0 Å². The van der Waals surface area contributed by atoms with Gasteiger partial charge in [0.05, 0.1) is 11.8 Å². The van der Waals surface area contributed by atoms with Gasteiger partial charge in [-0.15, -0.1) is 11.3 Å². The highest BCUT2D eigenvalue weighted by atomic mass is 32.1. The fourth-order valence-corrected chi connectivity index (χ4v) is 3.62. The van der Waals surface area contributed by atoms with Crippen molar-refractivity contribution in [3.63, 3.8) is 0 Å². The van der Waals surface area contributed by atoms with Crippen molar-refractivity contribution >= 4 is 11.3 Å². The van der Waals surface area contributed by atoms with E-state index in [1.54, 1.807) is 11.3 Å². The van der Waals surface area contributed by atoms with Gasteiger partial charge in [-0.05, 0) is 32.6 Å². The molecule has 0 spiro atoms. The van der Waals surface area contributed by atoms with Crippen LogP contribution < -0.4 is 5.32 Å². The van der Waals surface area contributed by atoms with E-state index in [1.807, 2.05) is 0 Å². The fourth-order valence-electron chi connectivity index (χ4n) is 2.72. The molecule has 1 aromatic heterocycles. The molecule has 1 N–H and O–H groups in total. The number of hydrogen-bond donors (Lipinski definition) is 1. The van der Waals surface area contributed by atoms with Gasteiger partial charge in [-0.1, -0.05) is 0 Å². The van der Waals surface area contributed by atoms with Crippen molar-refractivity contribution in [3.05, 3.63) is 16.1 Å². The molecule has 1 aromatic rings. The number of hydrogen-bond acceptors (Lipinski definition) is 5. The highest BCUT2D eigenvalue weighted by Gasteiger charge is 2.23. The summed E-state index contributed by atoms with van der Waals surface area (Å²) in [6, 6.07) is 0.399. The van der Waals surface area contributed by atoms with Crippen LogP contribution in [0.2, 0.25) is 0 Å². The zero-order chi connectivity index (χ0) is 13.1. The van der Waals surface area contributed by atoms with Crippen LogP contribution in [0.25, 0.3) is 0 Å². The maximum Gasteiger partial charge on any atom is 0.122 e. The van der Waals surface area contributed by atoms with Crippen LogP contribution in [0.5, 0.6) is 0 Å². The third kappa shape index (κ3) is 3.34. The summed E-state index contributed by atoms with van der Waals surface area (Å²) in [5.41, 5.74) is 1.13. The summed E-state index contributed by atoms with van der Waals surface area (Å²) in [6.45, 7) is 4.82. The zero-order valence-electron chi connectivity index (χ0n) is 11.4. The first-order valence-electron chi connectivity index (χ1n) is 7.24. The lowest BCUT2D eigenvalue weighted by Crippen LogP contribution is -2.36. The maximum absolute atomic E-state index is 5.69. The molecule has 3 rings (SSSR count). The molecule has 5 heteroatoms. The van der Waals surface area contributed by atoms with Crippen LogP contribution in [0.1, 0.15) is 49.4 Å². The van der Waals surface area contributed by atoms with Crippen LogP contribution >= 0.6 is 11.3 Å². The van der Waals surface area contributed by atoms with E-state index in [0.29, 0.717) is 12.1 Å². The van der Waals surface area contributed by atoms with E-state index in [9.17, 15) is 0 Å². The van der Waals surface area contributed by atoms with E-state index in [1.165, 1.54) is 12.8 Å². The molecule has 0 saturated carbocycles. The summed E-state index contributed by atoms with van der Waals surface area (Å²) in [5.74, 6) is 0. The Kier molecular flexibility index (Phi) is 4.48. The molecule has 19 heavy (non-hydrogen) atoms. The van der Waals surface area contributed by atoms with Gasteiger partial charge < -0.3 is 14.8 Å². The van der Waals surface area contributed by atoms with Gasteiger partial charge in [0.15, 0.2) is 0 Å². The van der Waals surface area contributed by atoms with Crippen molar-refractivity contribution in [1.29, 1.82) is 0 Å². The van der Waals surface area contributed by atoms with Gasteiger partial charge >= 0.3 is 0 Å². The van der Waals surface area contributed by atoms with Gasteiger partial charge in [-0.3, -0.25) is 0 Å². The molecule has 2 fully saturated rings. The molecule has 0 amide bonds. The van der Waals surface area contributed by atoms with Crippen LogP contribution in [0.4, 0.5) is 0 Å². The summed E-state index contributed by atoms with van der Waals surface area (Å²) in [6.07, 6.45) is 5.26. The predicted molar refractivity (Wildman–Crippen MR) is 75.3 cm³/mol. The minimum atomic E-state index is 0.245. The highest BCUT2D eigenvalue weighted by Crippen LogP contribution is 2.30.